The largest absolute Gasteiger partial charge is 0.484 e. The number of alkyl halides is 2. The van der Waals surface area contributed by atoms with Gasteiger partial charge in [0.1, 0.15) is 21.9 Å². The third kappa shape index (κ3) is 3.75. The number of hydrogen-bond acceptors (Lipinski definition) is 5. The third-order valence-corrected chi connectivity index (χ3v) is 4.06. The van der Waals surface area contributed by atoms with Crippen molar-refractivity contribution in [3.63, 3.8) is 0 Å². The zero-order valence-corrected chi connectivity index (χ0v) is 11.6. The predicted molar refractivity (Wildman–Crippen MR) is 65.7 cm³/mol. The minimum atomic E-state index is -4.15. The van der Waals surface area contributed by atoms with Crippen molar-refractivity contribution in [3.05, 3.63) is 17.4 Å². The van der Waals surface area contributed by atoms with Crippen LogP contribution in [-0.2, 0) is 14.8 Å². The Morgan fingerprint density at radius 2 is 2.25 bits per heavy atom. The van der Waals surface area contributed by atoms with Crippen LogP contribution in [-0.4, -0.2) is 45.7 Å². The molecule has 1 aliphatic rings. The quantitative estimate of drug-likeness (QED) is 0.790. The smallest absolute Gasteiger partial charge is 0.251 e. The molecule has 10 heteroatoms. The third-order valence-electron chi connectivity index (χ3n) is 2.42. The summed E-state index contributed by atoms with van der Waals surface area (Å²) in [4.78, 5) is 3.29. The summed E-state index contributed by atoms with van der Waals surface area (Å²) in [6.07, 6.45) is -2.13. The van der Waals surface area contributed by atoms with Crippen LogP contribution in [0.3, 0.4) is 0 Å². The average molecular weight is 329 g/mol. The monoisotopic (exact) mass is 328 g/mol. The summed E-state index contributed by atoms with van der Waals surface area (Å²) in [5, 5.41) is 0.0352. The van der Waals surface area contributed by atoms with Gasteiger partial charge in [0.25, 0.3) is 6.43 Å². The van der Waals surface area contributed by atoms with Crippen LogP contribution in [0.15, 0.2) is 17.2 Å². The molecule has 1 aliphatic heterocycles. The van der Waals surface area contributed by atoms with Gasteiger partial charge in [-0.2, -0.15) is 0 Å². The predicted octanol–water partition coefficient (Wildman–Crippen LogP) is 1.06. The molecule has 0 radical (unpaired) electrons. The minimum Gasteiger partial charge on any atom is -0.484 e. The number of nitrogens with one attached hydrogen (secondary N) is 1. The maximum Gasteiger partial charge on any atom is 0.251 e. The Kier molecular flexibility index (Phi) is 4.74. The molecule has 1 N–H and O–H groups in total. The van der Waals surface area contributed by atoms with Gasteiger partial charge in [0.15, 0.2) is 0 Å². The molecule has 1 saturated heterocycles. The van der Waals surface area contributed by atoms with E-state index in [4.69, 9.17) is 21.1 Å². The summed E-state index contributed by atoms with van der Waals surface area (Å²) in [5.41, 5.74) is 0. The van der Waals surface area contributed by atoms with E-state index in [-0.39, 0.29) is 21.9 Å². The Morgan fingerprint density at radius 3 is 2.80 bits per heavy atom. The molecule has 1 aromatic rings. The van der Waals surface area contributed by atoms with Crippen molar-refractivity contribution >= 4 is 21.6 Å². The van der Waals surface area contributed by atoms with E-state index in [9.17, 15) is 17.2 Å². The Bertz CT molecular complexity index is 581. The Morgan fingerprint density at radius 1 is 1.55 bits per heavy atom. The number of pyridine rings is 1. The summed E-state index contributed by atoms with van der Waals surface area (Å²) < 4.78 is 60.1. The lowest BCUT2D eigenvalue weighted by molar-refractivity contribution is -0.0807. The van der Waals surface area contributed by atoms with Gasteiger partial charge < -0.3 is 9.47 Å². The van der Waals surface area contributed by atoms with Crippen LogP contribution in [0.25, 0.3) is 0 Å². The topological polar surface area (TPSA) is 77.5 Å². The summed E-state index contributed by atoms with van der Waals surface area (Å²) in [6, 6.07) is 1.22. The number of aromatic nitrogens is 1. The van der Waals surface area contributed by atoms with Gasteiger partial charge in [0.2, 0.25) is 10.0 Å². The number of nitrogens with zero attached hydrogens (tertiary/aromatic N) is 1. The second-order valence-electron chi connectivity index (χ2n) is 3.97. The van der Waals surface area contributed by atoms with Crippen molar-refractivity contribution in [2.45, 2.75) is 17.4 Å². The fraction of sp³-hybridized carbons (Fsp3) is 0.500. The highest BCUT2D eigenvalue weighted by atomic mass is 35.5. The lowest BCUT2D eigenvalue weighted by Crippen LogP contribution is -2.39. The van der Waals surface area contributed by atoms with Crippen molar-refractivity contribution in [1.82, 2.24) is 9.71 Å². The molecule has 6 nitrogen and oxygen atoms in total. The minimum absolute atomic E-state index is 0.0352. The van der Waals surface area contributed by atoms with Crippen molar-refractivity contribution in [2.75, 3.05) is 19.8 Å². The highest BCUT2D eigenvalue weighted by Crippen LogP contribution is 2.27. The molecule has 112 valence electrons. The average Bonchev–Trinajstić information content (AvgIpc) is 2.31. The van der Waals surface area contributed by atoms with Crippen LogP contribution >= 0.6 is 11.6 Å². The molecule has 0 unspecified atom stereocenters. The van der Waals surface area contributed by atoms with E-state index >= 15 is 0 Å². The molecule has 0 spiro atoms. The van der Waals surface area contributed by atoms with Gasteiger partial charge in [-0.3, -0.25) is 0 Å². The molecule has 0 amide bonds. The van der Waals surface area contributed by atoms with E-state index in [1.54, 1.807) is 4.72 Å². The SMILES string of the molecule is O=S(=O)(NCC(F)F)c1cnc(Cl)cc1OC1COC1. The van der Waals surface area contributed by atoms with Crippen LogP contribution < -0.4 is 9.46 Å². The molecule has 2 heterocycles. The maximum atomic E-state index is 12.1. The highest BCUT2D eigenvalue weighted by molar-refractivity contribution is 7.89. The van der Waals surface area contributed by atoms with Crippen molar-refractivity contribution in [2.24, 2.45) is 0 Å². The molecule has 0 saturated carbocycles. The van der Waals surface area contributed by atoms with E-state index in [0.29, 0.717) is 13.2 Å². The molecule has 0 atom stereocenters. The number of sulfonamides is 1. The standard InChI is InChI=1S/C10H11ClF2N2O4S/c11-9-1-7(19-6-4-18-5-6)8(2-14-9)20(16,17)15-3-10(12)13/h1-2,6,10,15H,3-5H2. The molecule has 0 aromatic carbocycles. The number of halogens is 3. The van der Waals surface area contributed by atoms with Gasteiger partial charge in [-0.25, -0.2) is 26.9 Å². The Balaban J connectivity index is 2.24. The van der Waals surface area contributed by atoms with Crippen LogP contribution in [0.5, 0.6) is 5.75 Å². The van der Waals surface area contributed by atoms with E-state index in [2.05, 4.69) is 4.98 Å². The molecule has 2 rings (SSSR count). The first-order valence-electron chi connectivity index (χ1n) is 5.56. The molecule has 0 bridgehead atoms. The van der Waals surface area contributed by atoms with Crippen molar-refractivity contribution < 1.29 is 26.7 Å². The second-order valence-corrected chi connectivity index (χ2v) is 6.10. The van der Waals surface area contributed by atoms with Crippen molar-refractivity contribution in [3.8, 4) is 5.75 Å². The van der Waals surface area contributed by atoms with E-state index < -0.39 is 23.0 Å². The molecule has 0 aliphatic carbocycles. The van der Waals surface area contributed by atoms with Gasteiger partial charge in [-0.05, 0) is 0 Å². The fourth-order valence-corrected chi connectivity index (χ4v) is 2.62. The number of hydrogen-bond donors (Lipinski definition) is 1. The number of ether oxygens (including phenoxy) is 2. The first-order chi connectivity index (χ1) is 9.38. The summed E-state index contributed by atoms with van der Waals surface area (Å²) >= 11 is 5.68. The number of rotatable bonds is 6. The highest BCUT2D eigenvalue weighted by Gasteiger charge is 2.26. The first-order valence-corrected chi connectivity index (χ1v) is 7.42. The van der Waals surface area contributed by atoms with Crippen LogP contribution in [0.2, 0.25) is 5.15 Å². The van der Waals surface area contributed by atoms with E-state index in [1.165, 1.54) is 6.07 Å². The van der Waals surface area contributed by atoms with Gasteiger partial charge in [0, 0.05) is 6.07 Å². The summed E-state index contributed by atoms with van der Waals surface area (Å²) in [5.74, 6) is -0.0416. The van der Waals surface area contributed by atoms with Crippen molar-refractivity contribution in [1.29, 1.82) is 0 Å². The molecular formula is C10H11ClF2N2O4S. The second kappa shape index (κ2) is 6.17. The zero-order valence-electron chi connectivity index (χ0n) is 10.1. The Labute approximate surface area is 119 Å². The first kappa shape index (κ1) is 15.4. The molecule has 1 aromatic heterocycles. The van der Waals surface area contributed by atoms with E-state index in [1.807, 2.05) is 0 Å². The molecular weight excluding hydrogens is 318 g/mol. The molecule has 20 heavy (non-hydrogen) atoms. The van der Waals surface area contributed by atoms with Crippen LogP contribution in [0.4, 0.5) is 8.78 Å². The van der Waals surface area contributed by atoms with Gasteiger partial charge in [-0.15, -0.1) is 0 Å². The van der Waals surface area contributed by atoms with Crippen LogP contribution in [0, 0.1) is 0 Å². The zero-order chi connectivity index (χ0) is 14.8. The lowest BCUT2D eigenvalue weighted by Gasteiger charge is -2.27. The maximum absolute atomic E-state index is 12.1. The van der Waals surface area contributed by atoms with E-state index in [0.717, 1.165) is 6.20 Å². The van der Waals surface area contributed by atoms with Gasteiger partial charge in [0.05, 0.1) is 26.0 Å². The van der Waals surface area contributed by atoms with Gasteiger partial charge in [-0.1, -0.05) is 11.6 Å². The normalized spacial score (nSPS) is 16.2. The summed E-state index contributed by atoms with van der Waals surface area (Å²) in [7, 11) is -4.15. The van der Waals surface area contributed by atoms with Crippen LogP contribution in [0.1, 0.15) is 0 Å². The Hall–Kier alpha value is -1.03. The summed E-state index contributed by atoms with van der Waals surface area (Å²) in [6.45, 7) is -0.343. The molecule has 1 fully saturated rings. The fourth-order valence-electron chi connectivity index (χ4n) is 1.41. The lowest BCUT2D eigenvalue weighted by atomic mass is 10.3. The van der Waals surface area contributed by atoms with Gasteiger partial charge >= 0.3 is 0 Å².